The number of benzene rings is 1. The molecule has 0 bridgehead atoms. The zero-order valence-electron chi connectivity index (χ0n) is 39.3. The van der Waals surface area contributed by atoms with Crippen LogP contribution in [0.3, 0.4) is 0 Å². The topological polar surface area (TPSA) is 0 Å². The highest BCUT2D eigenvalue weighted by atomic mass is 32.1. The maximum absolute atomic E-state index is 4.37. The molecule has 0 heterocycles. The van der Waals surface area contributed by atoms with Crippen molar-refractivity contribution in [2.45, 2.75) is 221 Å². The highest BCUT2D eigenvalue weighted by molar-refractivity contribution is 7.79. The van der Waals surface area contributed by atoms with E-state index in [1.165, 1.54) is 81.8 Å². The van der Waals surface area contributed by atoms with Gasteiger partial charge in [-0.2, -0.15) is 25.3 Å². The number of thiol groups is 2. The third-order valence-corrected chi connectivity index (χ3v) is 11.7. The van der Waals surface area contributed by atoms with Gasteiger partial charge in [0, 0.05) is 5.75 Å². The lowest BCUT2D eigenvalue weighted by molar-refractivity contribution is 0.0250. The van der Waals surface area contributed by atoms with Crippen LogP contribution < -0.4 is 0 Å². The Balaban J connectivity index is -0.000000208. The third-order valence-electron chi connectivity index (χ3n) is 11.3. The van der Waals surface area contributed by atoms with Crippen LogP contribution in [0.4, 0.5) is 0 Å². The first kappa shape index (κ1) is 59.9. The Morgan fingerprint density at radius 3 is 1.37 bits per heavy atom. The van der Waals surface area contributed by atoms with Gasteiger partial charge in [0.15, 0.2) is 0 Å². The Labute approximate surface area is 338 Å². The van der Waals surface area contributed by atoms with Gasteiger partial charge < -0.3 is 0 Å². The molecule has 0 saturated carbocycles. The Morgan fingerprint density at radius 2 is 1.10 bits per heavy atom. The second kappa shape index (κ2) is 34.2. The van der Waals surface area contributed by atoms with Crippen molar-refractivity contribution in [3.8, 4) is 0 Å². The van der Waals surface area contributed by atoms with Crippen LogP contribution in [0, 0.1) is 39.4 Å². The van der Waals surface area contributed by atoms with Gasteiger partial charge in [-0.25, -0.2) is 0 Å². The number of rotatable bonds is 16. The van der Waals surface area contributed by atoms with Crippen LogP contribution in [0.25, 0.3) is 0 Å². The molecule has 4 unspecified atom stereocenters. The van der Waals surface area contributed by atoms with Crippen molar-refractivity contribution in [3.63, 3.8) is 0 Å². The molecular formula is C49H100S2. The first-order valence-corrected chi connectivity index (χ1v) is 22.8. The molecule has 0 nitrogen and oxygen atoms in total. The summed E-state index contributed by atoms with van der Waals surface area (Å²) >= 11 is 7.90. The van der Waals surface area contributed by atoms with E-state index in [4.69, 9.17) is 0 Å². The number of hydrogen-bond acceptors (Lipinski definition) is 2. The fourth-order valence-corrected chi connectivity index (χ4v) is 6.67. The summed E-state index contributed by atoms with van der Waals surface area (Å²) in [7, 11) is 0. The molecular weight excluding hydrogens is 653 g/mol. The lowest BCUT2D eigenvalue weighted by atomic mass is 9.58. The number of allylic oxidation sites excluding steroid dienone is 1. The number of unbranched alkanes of at least 4 members (excludes halogenated alkanes) is 5. The van der Waals surface area contributed by atoms with Gasteiger partial charge in [-0.15, -0.1) is 6.58 Å². The predicted octanol–water partition coefficient (Wildman–Crippen LogP) is 18.4. The zero-order valence-corrected chi connectivity index (χ0v) is 41.1. The van der Waals surface area contributed by atoms with E-state index in [2.05, 4.69) is 174 Å². The second-order valence-electron chi connectivity index (χ2n) is 18.1. The Kier molecular flexibility index (Phi) is 40.2. The molecule has 0 spiro atoms. The molecule has 0 radical (unpaired) electrons. The van der Waals surface area contributed by atoms with Crippen molar-refractivity contribution >= 4 is 25.3 Å². The summed E-state index contributed by atoms with van der Waals surface area (Å²) in [5.74, 6) is 3.78. The standard InChI is InChI=1S/C21H36S.C14H30.C8H18.C3H6.C2H6.CH4S/c1-8-9-16(2)21(6,7)14-19(20(3,4)5)18-12-10-17(15-22)11-13-18;1-9-12(4)10-14(8,11(2)3)13(5,6)7;1-3-5-7-8-6-4-2;1-3-2;2*1-2/h10-13,16,19,22H,8-9,14-15H2,1-7H3;11-12H,9-10H2,1-8H3;3-8H2,1-2H3;3H,1H2,2H3;1-2H3;2H,1H3. The normalized spacial score (nSPS) is 14.1. The molecule has 0 aromatic heterocycles. The lowest BCUT2D eigenvalue weighted by Crippen LogP contribution is -2.39. The van der Waals surface area contributed by atoms with Crippen LogP contribution in [-0.2, 0) is 5.75 Å². The van der Waals surface area contributed by atoms with Gasteiger partial charge in [0.1, 0.15) is 0 Å². The van der Waals surface area contributed by atoms with Crippen molar-refractivity contribution < 1.29 is 0 Å². The average Bonchev–Trinajstić information content (AvgIpc) is 3.07. The van der Waals surface area contributed by atoms with Gasteiger partial charge in [-0.1, -0.05) is 220 Å². The molecule has 0 fully saturated rings. The van der Waals surface area contributed by atoms with Gasteiger partial charge in [-0.05, 0) is 82.5 Å². The van der Waals surface area contributed by atoms with E-state index in [0.717, 1.165) is 23.5 Å². The van der Waals surface area contributed by atoms with Crippen LogP contribution in [0.15, 0.2) is 36.9 Å². The van der Waals surface area contributed by atoms with Crippen molar-refractivity contribution in [3.05, 3.63) is 48.0 Å². The van der Waals surface area contributed by atoms with Crippen molar-refractivity contribution in [2.24, 2.45) is 39.4 Å². The zero-order chi connectivity index (χ0) is 41.5. The highest BCUT2D eigenvalue weighted by Gasteiger charge is 2.40. The first-order chi connectivity index (χ1) is 23.6. The Bertz CT molecular complexity index is 846. The van der Waals surface area contributed by atoms with E-state index in [0.29, 0.717) is 22.2 Å². The van der Waals surface area contributed by atoms with E-state index in [9.17, 15) is 0 Å². The van der Waals surface area contributed by atoms with E-state index in [1.807, 2.05) is 20.8 Å². The van der Waals surface area contributed by atoms with Crippen molar-refractivity contribution in [2.75, 3.05) is 6.26 Å². The summed E-state index contributed by atoms with van der Waals surface area (Å²) in [5.41, 5.74) is 4.31. The summed E-state index contributed by atoms with van der Waals surface area (Å²) < 4.78 is 0. The molecule has 1 rings (SSSR count). The van der Waals surface area contributed by atoms with E-state index in [-0.39, 0.29) is 5.41 Å². The molecule has 0 aliphatic heterocycles. The Morgan fingerprint density at radius 1 is 0.686 bits per heavy atom. The molecule has 4 atom stereocenters. The van der Waals surface area contributed by atoms with Crippen LogP contribution >= 0.6 is 25.3 Å². The summed E-state index contributed by atoms with van der Waals surface area (Å²) in [6.07, 6.45) is 18.4. The van der Waals surface area contributed by atoms with E-state index < -0.39 is 0 Å². The largest absolute Gasteiger partial charge is 0.183 e. The monoisotopic (exact) mass is 753 g/mol. The van der Waals surface area contributed by atoms with Gasteiger partial charge >= 0.3 is 0 Å². The van der Waals surface area contributed by atoms with Gasteiger partial charge in [0.2, 0.25) is 0 Å². The highest BCUT2D eigenvalue weighted by Crippen LogP contribution is 2.49. The predicted molar refractivity (Wildman–Crippen MR) is 251 cm³/mol. The summed E-state index contributed by atoms with van der Waals surface area (Å²) in [6.45, 7) is 49.6. The average molecular weight is 753 g/mol. The van der Waals surface area contributed by atoms with Crippen molar-refractivity contribution in [1.82, 2.24) is 0 Å². The molecule has 0 amide bonds. The molecule has 2 heteroatoms. The Hall–Kier alpha value is -0.340. The molecule has 1 aromatic rings. The minimum absolute atomic E-state index is 0.283. The molecule has 51 heavy (non-hydrogen) atoms. The molecule has 0 N–H and O–H groups in total. The fourth-order valence-electron chi connectivity index (χ4n) is 6.46. The van der Waals surface area contributed by atoms with Crippen LogP contribution in [-0.4, -0.2) is 6.26 Å². The quantitative estimate of drug-likeness (QED) is 0.0938. The van der Waals surface area contributed by atoms with Crippen molar-refractivity contribution in [1.29, 1.82) is 0 Å². The summed E-state index contributed by atoms with van der Waals surface area (Å²) in [6, 6.07) is 9.12. The summed E-state index contributed by atoms with van der Waals surface area (Å²) in [5, 5.41) is 0. The molecule has 1 aromatic carbocycles. The molecule has 308 valence electrons. The van der Waals surface area contributed by atoms with Crippen LogP contribution in [0.1, 0.15) is 226 Å². The third kappa shape index (κ3) is 28.7. The van der Waals surface area contributed by atoms with E-state index in [1.54, 1.807) is 12.3 Å². The SMILES string of the molecule is C=CC.CC.CCC(C)CC(C)(C(C)C)C(C)(C)C.CCCC(C)C(C)(C)CC(c1ccc(CS)cc1)C(C)(C)C.CCCCCCCC.CS. The minimum Gasteiger partial charge on any atom is -0.183 e. The van der Waals surface area contributed by atoms with Gasteiger partial charge in [0.05, 0.1) is 0 Å². The van der Waals surface area contributed by atoms with Gasteiger partial charge in [-0.3, -0.25) is 0 Å². The number of hydrogen-bond donors (Lipinski definition) is 2. The molecule has 0 aliphatic carbocycles. The summed E-state index contributed by atoms with van der Waals surface area (Å²) in [4.78, 5) is 0. The second-order valence-corrected chi connectivity index (χ2v) is 18.4. The van der Waals surface area contributed by atoms with Gasteiger partial charge in [0.25, 0.3) is 0 Å². The maximum atomic E-state index is 4.37. The van der Waals surface area contributed by atoms with Crippen LogP contribution in [0.2, 0.25) is 0 Å². The van der Waals surface area contributed by atoms with E-state index >= 15 is 0 Å². The minimum atomic E-state index is 0.283. The molecule has 0 saturated heterocycles. The molecule has 0 aliphatic rings. The maximum Gasteiger partial charge on any atom is 0.0154 e. The first-order valence-electron chi connectivity index (χ1n) is 21.3. The fraction of sp³-hybridized carbons (Fsp3) is 0.837. The lowest BCUT2D eigenvalue weighted by Gasteiger charge is -2.47. The smallest absolute Gasteiger partial charge is 0.0154 e. The van der Waals surface area contributed by atoms with Crippen LogP contribution in [0.5, 0.6) is 0 Å².